The second-order valence-electron chi connectivity index (χ2n) is 8.58. The van der Waals surface area contributed by atoms with Crippen LogP contribution in [-0.2, 0) is 4.74 Å². The molecule has 1 amide bonds. The summed E-state index contributed by atoms with van der Waals surface area (Å²) in [5.74, 6) is -3.10. The van der Waals surface area contributed by atoms with E-state index in [0.717, 1.165) is 31.4 Å². The number of nitriles is 1. The smallest absolute Gasteiger partial charge is 0.410 e. The van der Waals surface area contributed by atoms with Crippen molar-refractivity contribution in [2.45, 2.75) is 70.6 Å². The molecule has 28 heavy (non-hydrogen) atoms. The van der Waals surface area contributed by atoms with E-state index in [1.165, 1.54) is 0 Å². The van der Waals surface area contributed by atoms with E-state index in [1.807, 2.05) is 20.8 Å². The molecule has 2 saturated heterocycles. The van der Waals surface area contributed by atoms with Gasteiger partial charge in [0.25, 0.3) is 0 Å². The van der Waals surface area contributed by atoms with Crippen molar-refractivity contribution in [3.8, 4) is 6.07 Å². The lowest BCUT2D eigenvalue weighted by Gasteiger charge is -2.48. The first-order valence-electron chi connectivity index (χ1n) is 9.55. The number of ether oxygens (including phenoxy) is 1. The number of halogens is 2. The van der Waals surface area contributed by atoms with Gasteiger partial charge in [-0.15, -0.1) is 0 Å². The van der Waals surface area contributed by atoms with Gasteiger partial charge in [0.2, 0.25) is 0 Å². The van der Waals surface area contributed by atoms with Crippen molar-refractivity contribution in [2.75, 3.05) is 0 Å². The largest absolute Gasteiger partial charge is 0.444 e. The predicted molar refractivity (Wildman–Crippen MR) is 97.6 cm³/mol. The highest BCUT2D eigenvalue weighted by atomic mass is 19.2. The number of fused-ring (bicyclic) bond motifs is 2. The van der Waals surface area contributed by atoms with Crippen molar-refractivity contribution < 1.29 is 23.1 Å². The molecule has 3 rings (SSSR count). The van der Waals surface area contributed by atoms with Gasteiger partial charge in [-0.25, -0.2) is 13.6 Å². The molecule has 0 spiro atoms. The molecule has 0 saturated carbocycles. The van der Waals surface area contributed by atoms with Crippen LogP contribution >= 0.6 is 0 Å². The molecule has 0 radical (unpaired) electrons. The number of amides is 1. The summed E-state index contributed by atoms with van der Waals surface area (Å²) in [6.45, 7) is 5.43. The van der Waals surface area contributed by atoms with Gasteiger partial charge in [0.15, 0.2) is 17.4 Å². The number of piperidine rings is 2. The molecule has 2 unspecified atom stereocenters. The van der Waals surface area contributed by atoms with E-state index in [0.29, 0.717) is 12.8 Å². The molecule has 1 aromatic rings. The average Bonchev–Trinajstić information content (AvgIpc) is 2.60. The minimum atomic E-state index is -1.15. The van der Waals surface area contributed by atoms with E-state index in [-0.39, 0.29) is 35.1 Å². The van der Waals surface area contributed by atoms with Crippen LogP contribution in [0.1, 0.15) is 68.8 Å². The molecule has 2 aliphatic rings. The maximum atomic E-state index is 13.7. The summed E-state index contributed by atoms with van der Waals surface area (Å²) in [6.07, 6.45) is 2.98. The van der Waals surface area contributed by atoms with Gasteiger partial charge in [0, 0.05) is 23.6 Å². The quantitative estimate of drug-likeness (QED) is 0.693. The minimum absolute atomic E-state index is 0.0878. The molecule has 0 aromatic heterocycles. The van der Waals surface area contributed by atoms with E-state index >= 15 is 0 Å². The highest BCUT2D eigenvalue weighted by Gasteiger charge is 2.44. The maximum Gasteiger partial charge on any atom is 0.410 e. The molecule has 5 nitrogen and oxygen atoms in total. The molecular formula is C21H24F2N2O3. The Morgan fingerprint density at radius 2 is 1.71 bits per heavy atom. The summed E-state index contributed by atoms with van der Waals surface area (Å²) in [4.78, 5) is 27.4. The summed E-state index contributed by atoms with van der Waals surface area (Å²) < 4.78 is 32.6. The van der Waals surface area contributed by atoms with Gasteiger partial charge in [0.1, 0.15) is 5.60 Å². The normalized spacial score (nSPS) is 24.4. The summed E-state index contributed by atoms with van der Waals surface area (Å²) in [5, 5.41) is 9.20. The molecule has 2 fully saturated rings. The van der Waals surface area contributed by atoms with Crippen molar-refractivity contribution >= 4 is 11.9 Å². The first kappa shape index (κ1) is 20.2. The van der Waals surface area contributed by atoms with Crippen LogP contribution in [0.15, 0.2) is 12.1 Å². The van der Waals surface area contributed by atoms with Gasteiger partial charge in [0.05, 0.1) is 11.6 Å². The van der Waals surface area contributed by atoms with Crippen molar-refractivity contribution in [2.24, 2.45) is 5.92 Å². The zero-order chi connectivity index (χ0) is 20.6. The Labute approximate surface area is 163 Å². The SMILES string of the molecule is CC(C)(C)OC(=O)N1C2CCCC1CC(C(=O)c1cc(F)c(F)cc1C#N)C2. The third-order valence-corrected chi connectivity index (χ3v) is 5.40. The third-order valence-electron chi connectivity index (χ3n) is 5.40. The fourth-order valence-electron chi connectivity index (χ4n) is 4.27. The Morgan fingerprint density at radius 3 is 2.25 bits per heavy atom. The maximum absolute atomic E-state index is 13.7. The second kappa shape index (κ2) is 7.50. The van der Waals surface area contributed by atoms with Gasteiger partial charge < -0.3 is 9.64 Å². The zero-order valence-electron chi connectivity index (χ0n) is 16.3. The number of Topliss-reactive ketones (excluding diaryl/α,β-unsaturated/α-hetero) is 1. The lowest BCUT2D eigenvalue weighted by atomic mass is 9.75. The van der Waals surface area contributed by atoms with Gasteiger partial charge in [-0.1, -0.05) is 0 Å². The molecule has 2 aliphatic heterocycles. The molecule has 2 atom stereocenters. The van der Waals surface area contributed by atoms with Crippen LogP contribution in [0, 0.1) is 28.9 Å². The standard InChI is InChI=1S/C21H24F2N2O3/c1-21(2,3)28-20(27)25-14-5-4-6-15(25)8-12(7-14)19(26)16-10-18(23)17(22)9-13(16)11-24/h9-10,12,14-15H,4-8H2,1-3H3. The predicted octanol–water partition coefficient (Wildman–Crippen LogP) is 4.59. The molecule has 0 aliphatic carbocycles. The Kier molecular flexibility index (Phi) is 5.42. The molecule has 2 heterocycles. The van der Waals surface area contributed by atoms with E-state index in [2.05, 4.69) is 0 Å². The average molecular weight is 390 g/mol. The minimum Gasteiger partial charge on any atom is -0.444 e. The molecule has 2 bridgehead atoms. The van der Waals surface area contributed by atoms with Gasteiger partial charge in [-0.3, -0.25) is 4.79 Å². The highest BCUT2D eigenvalue weighted by molar-refractivity contribution is 6.00. The topological polar surface area (TPSA) is 70.4 Å². The first-order valence-corrected chi connectivity index (χ1v) is 9.55. The van der Waals surface area contributed by atoms with Crippen LogP contribution < -0.4 is 0 Å². The second-order valence-corrected chi connectivity index (χ2v) is 8.58. The van der Waals surface area contributed by atoms with Crippen molar-refractivity contribution in [1.29, 1.82) is 5.26 Å². The lowest BCUT2D eigenvalue weighted by molar-refractivity contribution is -0.0260. The number of nitrogens with zero attached hydrogens (tertiary/aromatic N) is 2. The number of rotatable bonds is 2. The van der Waals surface area contributed by atoms with E-state index < -0.39 is 23.2 Å². The molecule has 7 heteroatoms. The highest BCUT2D eigenvalue weighted by Crippen LogP contribution is 2.39. The number of benzene rings is 1. The summed E-state index contributed by atoms with van der Waals surface area (Å²) >= 11 is 0. The fraction of sp³-hybridized carbons (Fsp3) is 0.571. The monoisotopic (exact) mass is 390 g/mol. The van der Waals surface area contributed by atoms with Gasteiger partial charge in [-0.05, 0) is 65.0 Å². The van der Waals surface area contributed by atoms with Crippen molar-refractivity contribution in [3.63, 3.8) is 0 Å². The van der Waals surface area contributed by atoms with Crippen LogP contribution in [0.2, 0.25) is 0 Å². The number of ketones is 1. The molecule has 150 valence electrons. The van der Waals surface area contributed by atoms with E-state index in [1.54, 1.807) is 11.0 Å². The van der Waals surface area contributed by atoms with E-state index in [9.17, 15) is 23.6 Å². The number of hydrogen-bond acceptors (Lipinski definition) is 4. The summed E-state index contributed by atoms with van der Waals surface area (Å²) in [7, 11) is 0. The Morgan fingerprint density at radius 1 is 1.14 bits per heavy atom. The van der Waals surface area contributed by atoms with Crippen LogP contribution in [0.25, 0.3) is 0 Å². The van der Waals surface area contributed by atoms with Crippen molar-refractivity contribution in [1.82, 2.24) is 4.90 Å². The molecule has 1 aromatic carbocycles. The van der Waals surface area contributed by atoms with Gasteiger partial charge in [-0.2, -0.15) is 5.26 Å². The first-order chi connectivity index (χ1) is 13.1. The van der Waals surface area contributed by atoms with E-state index in [4.69, 9.17) is 4.74 Å². The number of carbonyl (C=O) groups excluding carboxylic acids is 2. The molecular weight excluding hydrogens is 366 g/mol. The Hall–Kier alpha value is -2.49. The van der Waals surface area contributed by atoms with Gasteiger partial charge >= 0.3 is 6.09 Å². The number of hydrogen-bond donors (Lipinski definition) is 0. The molecule has 0 N–H and O–H groups in total. The Bertz CT molecular complexity index is 827. The van der Waals surface area contributed by atoms with Crippen LogP contribution in [-0.4, -0.2) is 34.5 Å². The van der Waals surface area contributed by atoms with Crippen LogP contribution in [0.5, 0.6) is 0 Å². The van der Waals surface area contributed by atoms with Crippen LogP contribution in [0.3, 0.4) is 0 Å². The lowest BCUT2D eigenvalue weighted by Crippen LogP contribution is -2.56. The van der Waals surface area contributed by atoms with Crippen LogP contribution in [0.4, 0.5) is 13.6 Å². The third kappa shape index (κ3) is 4.01. The summed E-state index contributed by atoms with van der Waals surface area (Å²) in [5.41, 5.74) is -0.857. The Balaban J connectivity index is 1.83. The number of carbonyl (C=O) groups is 2. The summed E-state index contributed by atoms with van der Waals surface area (Å²) in [6, 6.07) is 3.09. The van der Waals surface area contributed by atoms with Crippen molar-refractivity contribution in [3.05, 3.63) is 34.9 Å². The zero-order valence-corrected chi connectivity index (χ0v) is 16.3. The fourth-order valence-corrected chi connectivity index (χ4v) is 4.27.